The van der Waals surface area contributed by atoms with Crippen LogP contribution in [0.1, 0.15) is 67.2 Å². The van der Waals surface area contributed by atoms with Crippen LogP contribution in [0.2, 0.25) is 0 Å². The summed E-state index contributed by atoms with van der Waals surface area (Å²) in [4.78, 5) is 6.85. The number of halogens is 1. The van der Waals surface area contributed by atoms with Gasteiger partial charge in [-0.2, -0.15) is 10.2 Å². The van der Waals surface area contributed by atoms with Gasteiger partial charge in [-0.25, -0.2) is 4.98 Å². The highest BCUT2D eigenvalue weighted by Gasteiger charge is 2.39. The van der Waals surface area contributed by atoms with Gasteiger partial charge in [0, 0.05) is 71.4 Å². The van der Waals surface area contributed by atoms with Crippen LogP contribution in [0.25, 0.3) is 44.9 Å². The van der Waals surface area contributed by atoms with E-state index in [2.05, 4.69) is 110 Å². The number of aromatic nitrogens is 9. The number of hydrogen-bond donors (Lipinski definition) is 5. The molecule has 5 aromatic heterocycles. The summed E-state index contributed by atoms with van der Waals surface area (Å²) in [6.45, 7) is 13.4. The van der Waals surface area contributed by atoms with Crippen LogP contribution in [0.4, 0.5) is 5.82 Å². The van der Waals surface area contributed by atoms with E-state index in [9.17, 15) is 5.11 Å². The van der Waals surface area contributed by atoms with Crippen molar-refractivity contribution in [1.29, 1.82) is 0 Å². The summed E-state index contributed by atoms with van der Waals surface area (Å²) in [5.74, 6) is 2.04. The predicted molar refractivity (Wildman–Crippen MR) is 232 cm³/mol. The molecule has 8 rings (SSSR count). The standard InChI is InChI=1S/C23H31N7O.C20H23N5O2.ClH/c1-22(2)11-16(12-23(3,4)29-22)30(5)20-10-9-19(27-28-20)17-7-8-18(26-21(17)31-6)15-13-24-25-14-15;1-12-7-16(8-13(2)23-12)27-20-6-5-18(24-25-20)17-4-3-14(9-19(17)26)15-10-21-22-11-15;/h7-10,13-14,16,29H,11-12H2,1-6H3,(H,24,25);3-6,9-13,16,23,26H,7-8H2,1-2H3,(H,21,22);1H. The third kappa shape index (κ3) is 10.5. The van der Waals surface area contributed by atoms with Crippen LogP contribution in [-0.4, -0.2) is 100 Å². The number of H-pyrrole nitrogens is 2. The van der Waals surface area contributed by atoms with E-state index in [1.807, 2.05) is 48.5 Å². The lowest BCUT2D eigenvalue weighted by molar-refractivity contribution is 0.117. The average molecular weight is 823 g/mol. The number of piperidine rings is 2. The van der Waals surface area contributed by atoms with Crippen molar-refractivity contribution in [3.05, 3.63) is 79.4 Å². The third-order valence-corrected chi connectivity index (χ3v) is 10.7. The average Bonchev–Trinajstić information content (AvgIpc) is 3.93. The van der Waals surface area contributed by atoms with Gasteiger partial charge >= 0.3 is 0 Å². The van der Waals surface area contributed by atoms with Crippen LogP contribution < -0.4 is 25.0 Å². The molecule has 2 aliphatic rings. The molecular weight excluding hydrogens is 768 g/mol. The molecule has 15 nitrogen and oxygen atoms in total. The molecule has 16 heteroatoms. The highest BCUT2D eigenvalue weighted by molar-refractivity contribution is 5.85. The molecule has 5 N–H and O–H groups in total. The highest BCUT2D eigenvalue weighted by Crippen LogP contribution is 2.35. The molecule has 2 fully saturated rings. The predicted octanol–water partition coefficient (Wildman–Crippen LogP) is 7.25. The van der Waals surface area contributed by atoms with E-state index in [4.69, 9.17) is 9.47 Å². The zero-order valence-corrected chi connectivity index (χ0v) is 35.7. The number of phenols is 1. The van der Waals surface area contributed by atoms with E-state index in [1.54, 1.807) is 38.0 Å². The Kier molecular flexibility index (Phi) is 13.2. The zero-order valence-electron chi connectivity index (χ0n) is 34.9. The number of nitrogens with one attached hydrogen (secondary N) is 4. The lowest BCUT2D eigenvalue weighted by Crippen LogP contribution is -2.62. The highest BCUT2D eigenvalue weighted by atomic mass is 35.5. The van der Waals surface area contributed by atoms with Gasteiger partial charge in [-0.05, 0) is 115 Å². The minimum Gasteiger partial charge on any atom is -0.507 e. The van der Waals surface area contributed by atoms with Crippen LogP contribution in [0.15, 0.2) is 79.4 Å². The molecule has 2 unspecified atom stereocenters. The molecule has 0 radical (unpaired) electrons. The second-order valence-corrected chi connectivity index (χ2v) is 16.7. The SMILES string of the molecule is CC1CC(Oc2ccc(-c3ccc(-c4cn[nH]c4)cc3O)nn2)CC(C)N1.COc1nc(-c2cn[nH]c2)ccc1-c1ccc(N(C)C2CC(C)(C)NC(C)(C)C2)nn1.Cl. The number of rotatable bonds is 9. The summed E-state index contributed by atoms with van der Waals surface area (Å²) in [5, 5.41) is 48.6. The smallest absolute Gasteiger partial charge is 0.233 e. The first-order valence-corrected chi connectivity index (χ1v) is 19.8. The maximum atomic E-state index is 10.4. The van der Waals surface area contributed by atoms with Gasteiger partial charge in [0.2, 0.25) is 11.8 Å². The molecule has 1 aromatic carbocycles. The monoisotopic (exact) mass is 822 g/mol. The molecule has 2 aliphatic heterocycles. The minimum absolute atomic E-state index is 0. The Morgan fingerprint density at radius 2 is 1.34 bits per heavy atom. The number of aromatic amines is 2. The number of nitrogens with zero attached hydrogens (tertiary/aromatic N) is 8. The van der Waals surface area contributed by atoms with Gasteiger partial charge in [-0.1, -0.05) is 6.07 Å². The summed E-state index contributed by atoms with van der Waals surface area (Å²) in [7, 11) is 3.72. The van der Waals surface area contributed by atoms with Gasteiger partial charge in [-0.3, -0.25) is 10.2 Å². The molecule has 312 valence electrons. The van der Waals surface area contributed by atoms with Gasteiger partial charge in [0.05, 0.1) is 42.1 Å². The van der Waals surface area contributed by atoms with Crippen molar-refractivity contribution >= 4 is 18.2 Å². The molecule has 0 aliphatic carbocycles. The van der Waals surface area contributed by atoms with E-state index in [1.165, 1.54) is 0 Å². The number of ether oxygens (including phenoxy) is 2. The summed E-state index contributed by atoms with van der Waals surface area (Å²) in [6.07, 6.45) is 11.1. The Labute approximate surface area is 351 Å². The third-order valence-electron chi connectivity index (χ3n) is 10.7. The lowest BCUT2D eigenvalue weighted by Gasteiger charge is -2.49. The molecule has 0 bridgehead atoms. The molecular formula is C43H55ClN12O3. The minimum atomic E-state index is 0. The second-order valence-electron chi connectivity index (χ2n) is 16.7. The normalized spacial score (nSPS) is 19.8. The van der Waals surface area contributed by atoms with Crippen molar-refractivity contribution in [2.75, 3.05) is 19.1 Å². The van der Waals surface area contributed by atoms with Crippen molar-refractivity contribution < 1.29 is 14.6 Å². The summed E-state index contributed by atoms with van der Waals surface area (Å²) >= 11 is 0. The van der Waals surface area contributed by atoms with Gasteiger partial charge in [0.25, 0.3) is 0 Å². The Balaban J connectivity index is 0.000000197. The zero-order chi connectivity index (χ0) is 41.0. The van der Waals surface area contributed by atoms with Crippen LogP contribution in [0.5, 0.6) is 17.5 Å². The van der Waals surface area contributed by atoms with Gasteiger partial charge in [0.15, 0.2) is 5.82 Å². The van der Waals surface area contributed by atoms with Crippen molar-refractivity contribution in [2.45, 2.75) is 103 Å². The molecule has 0 spiro atoms. The molecule has 2 atom stereocenters. The van der Waals surface area contributed by atoms with Crippen LogP contribution in [0, 0.1) is 0 Å². The molecule has 0 amide bonds. The maximum Gasteiger partial charge on any atom is 0.233 e. The Morgan fingerprint density at radius 1 is 0.729 bits per heavy atom. The first-order chi connectivity index (χ1) is 27.8. The van der Waals surface area contributed by atoms with Crippen LogP contribution >= 0.6 is 12.4 Å². The lowest BCUT2D eigenvalue weighted by atomic mass is 9.79. The summed E-state index contributed by atoms with van der Waals surface area (Å²) < 4.78 is 11.5. The van der Waals surface area contributed by atoms with Gasteiger partial charge < -0.3 is 30.1 Å². The molecule has 2 saturated heterocycles. The van der Waals surface area contributed by atoms with Crippen LogP contribution in [-0.2, 0) is 0 Å². The summed E-state index contributed by atoms with van der Waals surface area (Å²) in [5.41, 5.74) is 6.40. The molecule has 6 aromatic rings. The van der Waals surface area contributed by atoms with Gasteiger partial charge in [0.1, 0.15) is 11.9 Å². The van der Waals surface area contributed by atoms with Crippen molar-refractivity contribution in [2.24, 2.45) is 0 Å². The second kappa shape index (κ2) is 18.1. The van der Waals surface area contributed by atoms with Gasteiger partial charge in [-0.15, -0.1) is 32.8 Å². The first kappa shape index (κ1) is 43.0. The van der Waals surface area contributed by atoms with Crippen molar-refractivity contribution in [1.82, 2.24) is 56.4 Å². The molecule has 0 saturated carbocycles. The maximum absolute atomic E-state index is 10.4. The first-order valence-electron chi connectivity index (χ1n) is 19.8. The quantitative estimate of drug-likeness (QED) is 0.0982. The summed E-state index contributed by atoms with van der Waals surface area (Å²) in [6, 6.07) is 18.2. The van der Waals surface area contributed by atoms with E-state index in [0.29, 0.717) is 41.1 Å². The molecule has 7 heterocycles. The molecule has 59 heavy (non-hydrogen) atoms. The fraction of sp³-hybridized carbons (Fsp3) is 0.419. The number of pyridine rings is 1. The van der Waals surface area contributed by atoms with Crippen LogP contribution in [0.3, 0.4) is 0 Å². The number of anilines is 1. The largest absolute Gasteiger partial charge is 0.507 e. The Hall–Kier alpha value is -5.64. The van der Waals surface area contributed by atoms with E-state index in [-0.39, 0.29) is 35.3 Å². The number of hydrogen-bond acceptors (Lipinski definition) is 13. The topological polar surface area (TPSA) is 188 Å². The fourth-order valence-electron chi connectivity index (χ4n) is 8.37. The van der Waals surface area contributed by atoms with E-state index < -0.39 is 0 Å². The van der Waals surface area contributed by atoms with E-state index in [0.717, 1.165) is 65.1 Å². The number of phenolic OH excluding ortho intramolecular Hbond substituents is 1. The number of aromatic hydroxyl groups is 1. The van der Waals surface area contributed by atoms with Crippen molar-refractivity contribution in [3.63, 3.8) is 0 Å². The Morgan fingerprint density at radius 3 is 1.92 bits per heavy atom. The fourth-order valence-corrected chi connectivity index (χ4v) is 8.37. The number of benzene rings is 1. The number of methoxy groups -OCH3 is 1. The van der Waals surface area contributed by atoms with E-state index >= 15 is 0 Å². The Bertz CT molecular complexity index is 2230. The van der Waals surface area contributed by atoms with Crippen molar-refractivity contribution in [3.8, 4) is 62.4 Å².